The number of anilines is 1. The molecule has 2 aromatic rings. The van der Waals surface area contributed by atoms with Crippen LogP contribution in [-0.2, 0) is 13.1 Å². The molecule has 27 heavy (non-hydrogen) atoms. The Hall–Kier alpha value is -2.54. The van der Waals surface area contributed by atoms with Crippen LogP contribution in [0.1, 0.15) is 16.8 Å². The highest BCUT2D eigenvalue weighted by molar-refractivity contribution is 5.80. The van der Waals surface area contributed by atoms with Crippen molar-refractivity contribution < 1.29 is 4.52 Å². The highest BCUT2D eigenvalue weighted by atomic mass is 16.5. The highest BCUT2D eigenvalue weighted by Crippen LogP contribution is 2.20. The van der Waals surface area contributed by atoms with E-state index in [0.29, 0.717) is 0 Å². The number of nitrogens with one attached hydrogen (secondary N) is 1. The minimum absolute atomic E-state index is 0.764. The summed E-state index contributed by atoms with van der Waals surface area (Å²) in [4.78, 5) is 11.4. The summed E-state index contributed by atoms with van der Waals surface area (Å²) < 4.78 is 4.92. The third-order valence-corrected chi connectivity index (χ3v) is 4.92. The van der Waals surface area contributed by atoms with Gasteiger partial charge in [-0.2, -0.15) is 0 Å². The van der Waals surface area contributed by atoms with E-state index in [1.807, 2.05) is 13.1 Å². The zero-order valence-corrected chi connectivity index (χ0v) is 16.8. The number of benzene rings is 1. The van der Waals surface area contributed by atoms with Gasteiger partial charge in [-0.15, -0.1) is 0 Å². The summed E-state index contributed by atoms with van der Waals surface area (Å²) >= 11 is 0. The highest BCUT2D eigenvalue weighted by Gasteiger charge is 2.20. The van der Waals surface area contributed by atoms with Gasteiger partial charge < -0.3 is 19.6 Å². The van der Waals surface area contributed by atoms with Gasteiger partial charge in [-0.25, -0.2) is 0 Å². The molecule has 1 N–H and O–H groups in total. The molecular formula is C20H30N6O. The average Bonchev–Trinajstić information content (AvgIpc) is 3.17. The second kappa shape index (κ2) is 8.90. The summed E-state index contributed by atoms with van der Waals surface area (Å²) in [6, 6.07) is 8.51. The van der Waals surface area contributed by atoms with Crippen molar-refractivity contribution in [2.75, 3.05) is 52.2 Å². The van der Waals surface area contributed by atoms with Gasteiger partial charge in [0.05, 0.1) is 5.69 Å². The molecule has 3 rings (SSSR count). The minimum atomic E-state index is 0.764. The van der Waals surface area contributed by atoms with Gasteiger partial charge in [0.2, 0.25) is 0 Å². The maximum absolute atomic E-state index is 4.92. The van der Waals surface area contributed by atoms with Crippen molar-refractivity contribution in [3.05, 3.63) is 47.3 Å². The molecule has 0 saturated carbocycles. The van der Waals surface area contributed by atoms with Crippen LogP contribution in [0.15, 0.2) is 40.0 Å². The molecule has 0 bridgehead atoms. The zero-order chi connectivity index (χ0) is 19.2. The third kappa shape index (κ3) is 5.01. The Bertz CT molecular complexity index is 748. The molecule has 7 nitrogen and oxygen atoms in total. The molecule has 0 spiro atoms. The normalized spacial score (nSPS) is 15.9. The number of piperazine rings is 1. The van der Waals surface area contributed by atoms with E-state index in [2.05, 4.69) is 69.4 Å². The van der Waals surface area contributed by atoms with E-state index in [1.54, 1.807) is 6.26 Å². The van der Waals surface area contributed by atoms with Crippen molar-refractivity contribution in [1.82, 2.24) is 20.3 Å². The molecule has 2 heterocycles. The van der Waals surface area contributed by atoms with Crippen molar-refractivity contribution in [3.8, 4) is 0 Å². The number of hydrogen-bond donors (Lipinski definition) is 1. The minimum Gasteiger partial charge on any atom is -0.377 e. The standard InChI is InChI=1S/C20H30N6O/c1-16-5-6-17(19(13-16)24(3)4)14-22-20(21-2)26-10-8-25(9-11-26)15-18-7-12-27-23-18/h5-7,12-13H,8-11,14-15H2,1-4H3,(H,21,22). The smallest absolute Gasteiger partial charge is 0.194 e. The summed E-state index contributed by atoms with van der Waals surface area (Å²) in [5.74, 6) is 0.960. The van der Waals surface area contributed by atoms with Crippen molar-refractivity contribution in [2.24, 2.45) is 4.99 Å². The number of aliphatic imine (C=N–C) groups is 1. The van der Waals surface area contributed by atoms with Gasteiger partial charge in [-0.05, 0) is 24.1 Å². The van der Waals surface area contributed by atoms with Crippen molar-refractivity contribution >= 4 is 11.6 Å². The van der Waals surface area contributed by atoms with Crippen LogP contribution < -0.4 is 10.2 Å². The van der Waals surface area contributed by atoms with Crippen LogP contribution in [-0.4, -0.2) is 68.2 Å². The fraction of sp³-hybridized carbons (Fsp3) is 0.500. The van der Waals surface area contributed by atoms with Crippen molar-refractivity contribution in [3.63, 3.8) is 0 Å². The lowest BCUT2D eigenvalue weighted by Gasteiger charge is -2.36. The molecule has 0 atom stereocenters. The Morgan fingerprint density at radius 3 is 2.63 bits per heavy atom. The summed E-state index contributed by atoms with van der Waals surface area (Å²) in [5, 5.41) is 7.54. The molecule has 1 aromatic carbocycles. The van der Waals surface area contributed by atoms with Gasteiger partial charge in [-0.3, -0.25) is 9.89 Å². The summed E-state index contributed by atoms with van der Waals surface area (Å²) in [5.41, 5.74) is 4.78. The fourth-order valence-electron chi connectivity index (χ4n) is 3.41. The largest absolute Gasteiger partial charge is 0.377 e. The molecule has 1 saturated heterocycles. The maximum atomic E-state index is 4.92. The van der Waals surface area contributed by atoms with Crippen molar-refractivity contribution in [2.45, 2.75) is 20.0 Å². The summed E-state index contributed by atoms with van der Waals surface area (Å²) in [6.07, 6.45) is 1.63. The maximum Gasteiger partial charge on any atom is 0.194 e. The lowest BCUT2D eigenvalue weighted by atomic mass is 10.1. The molecule has 0 aliphatic carbocycles. The Balaban J connectivity index is 1.54. The van der Waals surface area contributed by atoms with Crippen LogP contribution in [0.3, 0.4) is 0 Å². The summed E-state index contributed by atoms with van der Waals surface area (Å²) in [6.45, 7) is 7.60. The Labute approximate surface area is 161 Å². The monoisotopic (exact) mass is 370 g/mol. The molecule has 7 heteroatoms. The molecule has 0 radical (unpaired) electrons. The molecule has 0 amide bonds. The Morgan fingerprint density at radius 1 is 1.22 bits per heavy atom. The average molecular weight is 371 g/mol. The van der Waals surface area contributed by atoms with Crippen molar-refractivity contribution in [1.29, 1.82) is 0 Å². The second-order valence-corrected chi connectivity index (χ2v) is 7.18. The van der Waals surface area contributed by atoms with Crippen LogP contribution in [0.5, 0.6) is 0 Å². The van der Waals surface area contributed by atoms with Gasteiger partial charge in [0.15, 0.2) is 5.96 Å². The number of aromatic nitrogens is 1. The van der Waals surface area contributed by atoms with Gasteiger partial charge in [-0.1, -0.05) is 17.3 Å². The van der Waals surface area contributed by atoms with Gasteiger partial charge >= 0.3 is 0 Å². The van der Waals surface area contributed by atoms with Crippen LogP contribution in [0, 0.1) is 6.92 Å². The molecule has 146 valence electrons. The van der Waals surface area contributed by atoms with Crippen LogP contribution >= 0.6 is 0 Å². The first kappa shape index (κ1) is 19.2. The molecule has 1 aliphatic heterocycles. The lowest BCUT2D eigenvalue weighted by Crippen LogP contribution is -2.52. The Kier molecular flexibility index (Phi) is 6.34. The molecule has 1 aliphatic rings. The fourth-order valence-corrected chi connectivity index (χ4v) is 3.41. The van der Waals surface area contributed by atoms with E-state index < -0.39 is 0 Å². The second-order valence-electron chi connectivity index (χ2n) is 7.18. The van der Waals surface area contributed by atoms with E-state index in [9.17, 15) is 0 Å². The molecular weight excluding hydrogens is 340 g/mol. The van der Waals surface area contributed by atoms with Gasteiger partial charge in [0, 0.05) is 72.2 Å². The quantitative estimate of drug-likeness (QED) is 0.641. The third-order valence-electron chi connectivity index (χ3n) is 4.92. The lowest BCUT2D eigenvalue weighted by molar-refractivity contribution is 0.169. The van der Waals surface area contributed by atoms with Gasteiger partial charge in [0.25, 0.3) is 0 Å². The van der Waals surface area contributed by atoms with Gasteiger partial charge in [0.1, 0.15) is 6.26 Å². The van der Waals surface area contributed by atoms with Crippen LogP contribution in [0.2, 0.25) is 0 Å². The molecule has 0 unspecified atom stereocenters. The Morgan fingerprint density at radius 2 is 2.00 bits per heavy atom. The van der Waals surface area contributed by atoms with E-state index >= 15 is 0 Å². The molecule has 1 aromatic heterocycles. The molecule has 1 fully saturated rings. The van der Waals surface area contributed by atoms with Crippen LogP contribution in [0.4, 0.5) is 5.69 Å². The topological polar surface area (TPSA) is 60.1 Å². The number of rotatable bonds is 5. The zero-order valence-electron chi connectivity index (χ0n) is 16.8. The van der Waals surface area contributed by atoms with E-state index in [4.69, 9.17) is 4.52 Å². The van der Waals surface area contributed by atoms with Crippen LogP contribution in [0.25, 0.3) is 0 Å². The number of hydrogen-bond acceptors (Lipinski definition) is 5. The SMILES string of the molecule is CN=C(NCc1ccc(C)cc1N(C)C)N1CCN(Cc2ccon2)CC1. The van der Waals surface area contributed by atoms with E-state index in [0.717, 1.165) is 50.9 Å². The van der Waals surface area contributed by atoms with E-state index in [-0.39, 0.29) is 0 Å². The predicted octanol–water partition coefficient (Wildman–Crippen LogP) is 1.94. The first-order chi connectivity index (χ1) is 13.1. The summed E-state index contributed by atoms with van der Waals surface area (Å²) in [7, 11) is 6.02. The first-order valence-electron chi connectivity index (χ1n) is 9.41. The number of guanidine groups is 1. The number of nitrogens with zero attached hydrogens (tertiary/aromatic N) is 5. The predicted molar refractivity (Wildman–Crippen MR) is 109 cm³/mol. The first-order valence-corrected chi connectivity index (χ1v) is 9.41. The number of aryl methyl sites for hydroxylation is 1. The van der Waals surface area contributed by atoms with E-state index in [1.165, 1.54) is 16.8 Å².